The molecule has 0 fully saturated rings. The maximum absolute atomic E-state index is 13.1. The second kappa shape index (κ2) is 8.09. The van der Waals surface area contributed by atoms with E-state index in [1.165, 1.54) is 35.6 Å². The fraction of sp³-hybridized carbons (Fsp3) is 0.150. The number of thiazole rings is 1. The second-order valence-electron chi connectivity index (χ2n) is 5.84. The Bertz CT molecular complexity index is 955. The number of ether oxygens (including phenoxy) is 1. The minimum atomic E-state index is -1.15. The van der Waals surface area contributed by atoms with Gasteiger partial charge in [0.1, 0.15) is 10.7 Å². The predicted octanol–water partition coefficient (Wildman–Crippen LogP) is 4.44. The van der Waals surface area contributed by atoms with Gasteiger partial charge in [-0.25, -0.2) is 14.2 Å². The fourth-order valence-electron chi connectivity index (χ4n) is 2.52. The van der Waals surface area contributed by atoms with E-state index in [1.54, 1.807) is 44.2 Å². The first-order valence-corrected chi connectivity index (χ1v) is 9.02. The molecule has 0 saturated heterocycles. The maximum Gasteiger partial charge on any atom is 0.351 e. The first kappa shape index (κ1) is 18.7. The van der Waals surface area contributed by atoms with E-state index in [-0.39, 0.29) is 0 Å². The summed E-state index contributed by atoms with van der Waals surface area (Å²) in [5.74, 6) is -1.55. The molecule has 3 aromatic rings. The Morgan fingerprint density at radius 3 is 2.33 bits per heavy atom. The third-order valence-corrected chi connectivity index (χ3v) is 4.82. The molecular weight excluding hydrogens is 367 g/mol. The molecule has 2 aromatic carbocycles. The molecule has 3 rings (SSSR count). The van der Waals surface area contributed by atoms with Crippen LogP contribution >= 0.6 is 11.3 Å². The fourth-order valence-corrected chi connectivity index (χ4v) is 3.33. The first-order valence-electron chi connectivity index (χ1n) is 8.20. The third kappa shape index (κ3) is 4.57. The Morgan fingerprint density at radius 1 is 1.07 bits per heavy atom. The monoisotopic (exact) mass is 384 g/mol. The van der Waals surface area contributed by atoms with Gasteiger partial charge in [-0.2, -0.15) is 0 Å². The van der Waals surface area contributed by atoms with Crippen molar-refractivity contribution in [1.82, 2.24) is 4.98 Å². The lowest BCUT2D eigenvalue weighted by molar-refractivity contribution is -0.125. The molecule has 138 valence electrons. The summed E-state index contributed by atoms with van der Waals surface area (Å²) in [6.07, 6.45) is -1.15. The molecule has 0 spiro atoms. The lowest BCUT2D eigenvalue weighted by Crippen LogP contribution is -2.26. The Kier molecular flexibility index (Phi) is 5.61. The summed E-state index contributed by atoms with van der Waals surface area (Å²) >= 11 is 1.22. The van der Waals surface area contributed by atoms with E-state index >= 15 is 0 Å². The highest BCUT2D eigenvalue weighted by atomic mass is 32.1. The van der Waals surface area contributed by atoms with Gasteiger partial charge >= 0.3 is 5.97 Å². The average molecular weight is 384 g/mol. The summed E-state index contributed by atoms with van der Waals surface area (Å²) in [5.41, 5.74) is 1.50. The zero-order chi connectivity index (χ0) is 19.4. The number of aryl methyl sites for hydroxylation is 2. The van der Waals surface area contributed by atoms with E-state index in [2.05, 4.69) is 10.3 Å². The molecule has 27 heavy (non-hydrogen) atoms. The summed E-state index contributed by atoms with van der Waals surface area (Å²) in [6.45, 7) is 3.51. The summed E-state index contributed by atoms with van der Waals surface area (Å²) in [7, 11) is 0. The lowest BCUT2D eigenvalue weighted by Gasteiger charge is -2.18. The number of anilines is 1. The molecule has 0 bridgehead atoms. The first-order chi connectivity index (χ1) is 12.9. The van der Waals surface area contributed by atoms with Crippen molar-refractivity contribution in [3.8, 4) is 0 Å². The Labute approximate surface area is 159 Å². The highest BCUT2D eigenvalue weighted by molar-refractivity contribution is 7.13. The van der Waals surface area contributed by atoms with Crippen molar-refractivity contribution in [3.63, 3.8) is 0 Å². The molecule has 5 nitrogen and oxygen atoms in total. The number of carbonyl (C=O) groups is 2. The maximum atomic E-state index is 13.1. The van der Waals surface area contributed by atoms with E-state index in [9.17, 15) is 14.0 Å². The molecular formula is C20H17FN2O3S. The van der Waals surface area contributed by atoms with Crippen molar-refractivity contribution in [3.05, 3.63) is 81.6 Å². The summed E-state index contributed by atoms with van der Waals surface area (Å²) in [6, 6.07) is 14.1. The van der Waals surface area contributed by atoms with Crippen LogP contribution in [0.2, 0.25) is 0 Å². The number of halogens is 1. The number of aromatic nitrogens is 1. The van der Waals surface area contributed by atoms with Gasteiger partial charge < -0.3 is 10.1 Å². The van der Waals surface area contributed by atoms with Gasteiger partial charge in [-0.05, 0) is 38.1 Å². The highest BCUT2D eigenvalue weighted by Gasteiger charge is 2.27. The number of nitrogens with one attached hydrogen (secondary N) is 1. The van der Waals surface area contributed by atoms with Gasteiger partial charge in [0.05, 0.1) is 10.7 Å². The zero-order valence-corrected chi connectivity index (χ0v) is 15.5. The molecule has 0 aliphatic carbocycles. The topological polar surface area (TPSA) is 68.3 Å². The van der Waals surface area contributed by atoms with Crippen molar-refractivity contribution >= 4 is 28.9 Å². The van der Waals surface area contributed by atoms with Crippen molar-refractivity contribution in [2.75, 3.05) is 5.32 Å². The molecule has 0 aliphatic rings. The molecule has 7 heteroatoms. The van der Waals surface area contributed by atoms with Crippen LogP contribution in [0.3, 0.4) is 0 Å². The van der Waals surface area contributed by atoms with Gasteiger partial charge in [0, 0.05) is 11.3 Å². The SMILES string of the molecule is Cc1nc(C)c(C(=O)OC(C(=O)Nc2ccc(F)cc2)c2ccccc2)s1. The summed E-state index contributed by atoms with van der Waals surface area (Å²) < 4.78 is 18.6. The molecule has 1 amide bonds. The largest absolute Gasteiger partial charge is 0.443 e. The number of rotatable bonds is 5. The minimum absolute atomic E-state index is 0.364. The van der Waals surface area contributed by atoms with Gasteiger partial charge in [-0.15, -0.1) is 11.3 Å². The van der Waals surface area contributed by atoms with Crippen molar-refractivity contribution in [2.45, 2.75) is 20.0 Å². The van der Waals surface area contributed by atoms with Crippen molar-refractivity contribution < 1.29 is 18.7 Å². The van der Waals surface area contributed by atoms with E-state index in [4.69, 9.17) is 4.74 Å². The van der Waals surface area contributed by atoms with E-state index in [1.807, 2.05) is 0 Å². The number of benzene rings is 2. The van der Waals surface area contributed by atoms with Gasteiger partial charge in [0.2, 0.25) is 6.10 Å². The van der Waals surface area contributed by atoms with Crippen LogP contribution in [-0.2, 0) is 9.53 Å². The molecule has 0 aliphatic heterocycles. The minimum Gasteiger partial charge on any atom is -0.443 e. The van der Waals surface area contributed by atoms with Gasteiger partial charge in [-0.1, -0.05) is 30.3 Å². The summed E-state index contributed by atoms with van der Waals surface area (Å²) in [5, 5.41) is 3.39. The van der Waals surface area contributed by atoms with Crippen LogP contribution in [0.5, 0.6) is 0 Å². The van der Waals surface area contributed by atoms with Crippen molar-refractivity contribution in [1.29, 1.82) is 0 Å². The van der Waals surface area contributed by atoms with Crippen LogP contribution in [-0.4, -0.2) is 16.9 Å². The standard InChI is InChI=1S/C20H17FN2O3S/c1-12-18(27-13(2)22-12)20(25)26-17(14-6-4-3-5-7-14)19(24)23-16-10-8-15(21)9-11-16/h3-11,17H,1-2H3,(H,23,24). The second-order valence-corrected chi connectivity index (χ2v) is 7.04. The number of amides is 1. The molecule has 0 saturated carbocycles. The predicted molar refractivity (Wildman–Crippen MR) is 101 cm³/mol. The van der Waals surface area contributed by atoms with E-state index in [0.29, 0.717) is 21.8 Å². The Balaban J connectivity index is 1.84. The number of esters is 1. The Morgan fingerprint density at radius 2 is 1.74 bits per heavy atom. The molecule has 1 atom stereocenters. The van der Waals surface area contributed by atoms with Crippen LogP contribution < -0.4 is 5.32 Å². The molecule has 1 aromatic heterocycles. The average Bonchev–Trinajstić information content (AvgIpc) is 3.00. The quantitative estimate of drug-likeness (QED) is 0.661. The third-order valence-electron chi connectivity index (χ3n) is 3.77. The van der Waals surface area contributed by atoms with Gasteiger partial charge in [-0.3, -0.25) is 4.79 Å². The van der Waals surface area contributed by atoms with E-state index in [0.717, 1.165) is 5.01 Å². The van der Waals surface area contributed by atoms with E-state index < -0.39 is 23.8 Å². The van der Waals surface area contributed by atoms with Gasteiger partial charge in [0.15, 0.2) is 0 Å². The lowest BCUT2D eigenvalue weighted by atomic mass is 10.1. The van der Waals surface area contributed by atoms with Crippen LogP contribution in [0.4, 0.5) is 10.1 Å². The number of hydrogen-bond donors (Lipinski definition) is 1. The van der Waals surface area contributed by atoms with Crippen LogP contribution in [0, 0.1) is 19.7 Å². The molecule has 1 unspecified atom stereocenters. The van der Waals surface area contributed by atoms with Gasteiger partial charge in [0.25, 0.3) is 5.91 Å². The molecule has 0 radical (unpaired) electrons. The summed E-state index contributed by atoms with van der Waals surface area (Å²) in [4.78, 5) is 29.9. The normalized spacial score (nSPS) is 11.7. The van der Waals surface area contributed by atoms with Crippen LogP contribution in [0.15, 0.2) is 54.6 Å². The van der Waals surface area contributed by atoms with Crippen LogP contribution in [0.1, 0.15) is 32.0 Å². The zero-order valence-electron chi connectivity index (χ0n) is 14.7. The smallest absolute Gasteiger partial charge is 0.351 e. The number of hydrogen-bond acceptors (Lipinski definition) is 5. The number of nitrogens with zero attached hydrogens (tertiary/aromatic N) is 1. The Hall–Kier alpha value is -3.06. The number of carbonyl (C=O) groups excluding carboxylic acids is 2. The molecule has 1 heterocycles. The molecule has 1 N–H and O–H groups in total. The highest BCUT2D eigenvalue weighted by Crippen LogP contribution is 2.25. The van der Waals surface area contributed by atoms with Crippen LogP contribution in [0.25, 0.3) is 0 Å². The van der Waals surface area contributed by atoms with Crippen molar-refractivity contribution in [2.24, 2.45) is 0 Å².